The van der Waals surface area contributed by atoms with Crippen LogP contribution in [0.2, 0.25) is 0 Å². The van der Waals surface area contributed by atoms with Crippen LogP contribution < -0.4 is 20.7 Å². The number of aliphatic hydroxyl groups excluding tert-OH is 1. The van der Waals surface area contributed by atoms with Gasteiger partial charge in [-0.15, -0.1) is 4.33 Å². The zero-order valence-electron chi connectivity index (χ0n) is 21.3. The summed E-state index contributed by atoms with van der Waals surface area (Å²) in [5, 5.41) is 43.4. The van der Waals surface area contributed by atoms with Crippen molar-refractivity contribution in [3.8, 4) is 5.75 Å². The number of rotatable bonds is 12. The molecule has 0 radical (unpaired) electrons. The highest BCUT2D eigenvalue weighted by Crippen LogP contribution is 2.32. The number of carbonyl (C=O) groups excluding carboxylic acids is 4. The summed E-state index contributed by atoms with van der Waals surface area (Å²) >= 11 is 0.805. The average molecular weight is 596 g/mol. The van der Waals surface area contributed by atoms with Gasteiger partial charge in [0.2, 0.25) is 6.04 Å². The Morgan fingerprint density at radius 2 is 1.50 bits per heavy atom. The van der Waals surface area contributed by atoms with Crippen molar-refractivity contribution in [1.29, 1.82) is 0 Å². The van der Waals surface area contributed by atoms with Gasteiger partial charge in [-0.3, -0.25) is 25.0 Å². The molecule has 0 aromatic heterocycles. The topological polar surface area (TPSA) is 222 Å². The van der Waals surface area contributed by atoms with Crippen LogP contribution >= 0.6 is 12.0 Å². The quantitative estimate of drug-likeness (QED) is 0.0666. The number of imide groups is 2. The first-order chi connectivity index (χ1) is 20.4. The second-order valence-electron chi connectivity index (χ2n) is 8.10. The molecule has 16 nitrogen and oxygen atoms in total. The van der Waals surface area contributed by atoms with Gasteiger partial charge in [0.05, 0.1) is 41.4 Å². The fourth-order valence-corrected chi connectivity index (χ4v) is 3.66. The van der Waals surface area contributed by atoms with Crippen molar-refractivity contribution in [1.82, 2.24) is 10.6 Å². The number of benzene rings is 3. The van der Waals surface area contributed by atoms with Crippen LogP contribution in [0.15, 0.2) is 92.1 Å². The Morgan fingerprint density at radius 3 is 2.17 bits per heavy atom. The fraction of sp³-hybridized carbons (Fsp3) is 0.120. The molecule has 1 fully saturated rings. The van der Waals surface area contributed by atoms with Gasteiger partial charge in [-0.05, 0) is 60.7 Å². The van der Waals surface area contributed by atoms with E-state index in [9.17, 15) is 24.3 Å². The van der Waals surface area contributed by atoms with Gasteiger partial charge in [0.1, 0.15) is 12.4 Å². The number of hydrogen-bond acceptors (Lipinski definition) is 14. The number of ether oxygens (including phenoxy) is 1. The van der Waals surface area contributed by atoms with E-state index in [0.717, 1.165) is 12.0 Å². The zero-order chi connectivity index (χ0) is 29.9. The molecule has 1 saturated heterocycles. The molecule has 5 amide bonds. The summed E-state index contributed by atoms with van der Waals surface area (Å²) in [5.41, 5.74) is 1.76. The predicted molar refractivity (Wildman–Crippen MR) is 145 cm³/mol. The third-order valence-corrected chi connectivity index (χ3v) is 5.82. The summed E-state index contributed by atoms with van der Waals surface area (Å²) in [6.07, 6.45) is 0. The highest BCUT2D eigenvalue weighted by atomic mass is 32.2. The molecule has 0 bridgehead atoms. The number of nitrogens with zero attached hydrogens (tertiary/aromatic N) is 4. The minimum Gasteiger partial charge on any atom is -0.489 e. The smallest absolute Gasteiger partial charge is 0.328 e. The number of azo groups is 2. The number of anilines is 1. The van der Waals surface area contributed by atoms with Crippen molar-refractivity contribution in [3.63, 3.8) is 0 Å². The molecular weight excluding hydrogens is 574 g/mol. The van der Waals surface area contributed by atoms with E-state index in [1.807, 2.05) is 10.6 Å². The van der Waals surface area contributed by atoms with E-state index in [2.05, 4.69) is 35.1 Å². The maximum Gasteiger partial charge on any atom is 0.328 e. The van der Waals surface area contributed by atoms with Crippen LogP contribution in [0.3, 0.4) is 0 Å². The van der Waals surface area contributed by atoms with Crippen molar-refractivity contribution in [3.05, 3.63) is 72.3 Å². The number of hydrogen-bond donors (Lipinski definition) is 5. The van der Waals surface area contributed by atoms with Crippen LogP contribution in [0.25, 0.3) is 0 Å². The number of urea groups is 1. The molecule has 1 aliphatic heterocycles. The van der Waals surface area contributed by atoms with E-state index in [4.69, 9.17) is 9.99 Å². The Bertz CT molecular complexity index is 1500. The maximum absolute atomic E-state index is 12.9. The van der Waals surface area contributed by atoms with Crippen molar-refractivity contribution in [2.45, 2.75) is 10.9 Å². The Hall–Kier alpha value is -5.07. The second-order valence-corrected chi connectivity index (χ2v) is 8.87. The fourth-order valence-electron chi connectivity index (χ4n) is 3.30. The Balaban J connectivity index is 1.42. The third-order valence-electron chi connectivity index (χ3n) is 5.23. The van der Waals surface area contributed by atoms with Crippen LogP contribution in [0, 0.1) is 0 Å². The number of nitrogens with one attached hydrogen (secondary N) is 3. The SMILES string of the molecule is O=C1NC(=O)C(/N=N/c2ccc(C(=O)Nc3ccc(/N=N/c4ccc(SOOO)cc4)cc3OCCO)cc2)C(=O)N1. The molecule has 0 unspecified atom stereocenters. The number of carbonyl (C=O) groups is 4. The summed E-state index contributed by atoms with van der Waals surface area (Å²) in [6.45, 7) is -0.294. The predicted octanol–water partition coefficient (Wildman–Crippen LogP) is 3.97. The minimum absolute atomic E-state index is 0.0346. The molecule has 3 aromatic carbocycles. The Labute approximate surface area is 240 Å². The third kappa shape index (κ3) is 8.22. The van der Waals surface area contributed by atoms with Crippen molar-refractivity contribution in [2.75, 3.05) is 18.5 Å². The molecule has 1 heterocycles. The number of barbiturate groups is 1. The molecule has 0 aliphatic carbocycles. The van der Waals surface area contributed by atoms with E-state index in [1.54, 1.807) is 42.5 Å². The van der Waals surface area contributed by atoms with E-state index in [0.29, 0.717) is 22.0 Å². The Morgan fingerprint density at radius 1 is 0.881 bits per heavy atom. The van der Waals surface area contributed by atoms with E-state index in [1.165, 1.54) is 24.3 Å². The van der Waals surface area contributed by atoms with Crippen LogP contribution in [-0.4, -0.2) is 53.4 Å². The standard InChI is InChI=1S/C25H21N7O9S/c33-11-12-39-20-13-17(31-29-16-5-8-18(9-6-16)42-41-40-38)7-10-19(20)26-22(34)14-1-3-15(4-2-14)30-32-21-23(35)27-25(37)28-24(21)36/h1-10,13,21,33,38H,11-12H2,(H,26,34)(H2,27,28,35,36,37)/b31-29+,32-30+. The average Bonchev–Trinajstić information content (AvgIpc) is 2.99. The van der Waals surface area contributed by atoms with Gasteiger partial charge < -0.3 is 15.2 Å². The van der Waals surface area contributed by atoms with E-state index in [-0.39, 0.29) is 30.2 Å². The van der Waals surface area contributed by atoms with Gasteiger partial charge in [-0.1, -0.05) is 5.04 Å². The normalized spacial score (nSPS) is 13.8. The summed E-state index contributed by atoms with van der Waals surface area (Å²) in [4.78, 5) is 48.2. The first-order valence-corrected chi connectivity index (χ1v) is 12.6. The molecule has 0 saturated carbocycles. The molecular formula is C25H21N7O9S. The number of amides is 5. The van der Waals surface area contributed by atoms with Gasteiger partial charge in [0.25, 0.3) is 17.7 Å². The lowest BCUT2D eigenvalue weighted by Crippen LogP contribution is -2.57. The highest BCUT2D eigenvalue weighted by molar-refractivity contribution is 7.94. The lowest BCUT2D eigenvalue weighted by Gasteiger charge is -2.16. The largest absolute Gasteiger partial charge is 0.489 e. The van der Waals surface area contributed by atoms with E-state index < -0.39 is 29.8 Å². The molecule has 1 aliphatic rings. The molecule has 17 heteroatoms. The van der Waals surface area contributed by atoms with Crippen molar-refractivity contribution >= 4 is 58.5 Å². The molecule has 0 atom stereocenters. The van der Waals surface area contributed by atoms with Gasteiger partial charge >= 0.3 is 6.03 Å². The first-order valence-electron chi connectivity index (χ1n) is 11.9. The molecule has 0 spiro atoms. The summed E-state index contributed by atoms with van der Waals surface area (Å²) in [5.74, 6) is -2.04. The van der Waals surface area contributed by atoms with E-state index >= 15 is 0 Å². The van der Waals surface area contributed by atoms with Crippen molar-refractivity contribution < 1.29 is 43.7 Å². The van der Waals surface area contributed by atoms with Crippen LogP contribution in [0.5, 0.6) is 5.75 Å². The molecule has 216 valence electrons. The molecule has 3 aromatic rings. The highest BCUT2D eigenvalue weighted by Gasteiger charge is 2.34. The van der Waals surface area contributed by atoms with Gasteiger partial charge in [-0.2, -0.15) is 20.5 Å². The lowest BCUT2D eigenvalue weighted by molar-refractivity contribution is -0.432. The molecule has 42 heavy (non-hydrogen) atoms. The molecule has 5 N–H and O–H groups in total. The second kappa shape index (κ2) is 14.5. The van der Waals surface area contributed by atoms with Gasteiger partial charge in [0.15, 0.2) is 0 Å². The van der Waals surface area contributed by atoms with Crippen LogP contribution in [0.4, 0.5) is 27.5 Å². The number of aliphatic hydroxyl groups is 1. The van der Waals surface area contributed by atoms with Crippen molar-refractivity contribution in [2.24, 2.45) is 20.5 Å². The van der Waals surface area contributed by atoms with Crippen LogP contribution in [0.1, 0.15) is 10.4 Å². The first kappa shape index (κ1) is 29.9. The lowest BCUT2D eigenvalue weighted by atomic mass is 10.2. The summed E-state index contributed by atoms with van der Waals surface area (Å²) in [7, 11) is 0. The summed E-state index contributed by atoms with van der Waals surface area (Å²) < 4.78 is 9.93. The summed E-state index contributed by atoms with van der Waals surface area (Å²) in [6, 6.07) is 14.8. The van der Waals surface area contributed by atoms with Crippen LogP contribution in [-0.2, 0) is 19.0 Å². The minimum atomic E-state index is -1.52. The van der Waals surface area contributed by atoms with Gasteiger partial charge in [-0.25, -0.2) is 10.1 Å². The van der Waals surface area contributed by atoms with Gasteiger partial charge in [0, 0.05) is 16.5 Å². The maximum atomic E-state index is 12.9. The Kier molecular flexibility index (Phi) is 10.3. The zero-order valence-corrected chi connectivity index (χ0v) is 22.1. The monoisotopic (exact) mass is 595 g/mol. The molecule has 4 rings (SSSR count).